The van der Waals surface area contributed by atoms with Gasteiger partial charge in [-0.25, -0.2) is 0 Å². The molecule has 1 atom stereocenters. The van der Waals surface area contributed by atoms with Gasteiger partial charge in [-0.15, -0.1) is 0 Å². The Morgan fingerprint density at radius 3 is 3.06 bits per heavy atom. The van der Waals surface area contributed by atoms with E-state index in [0.717, 1.165) is 31.5 Å². The van der Waals surface area contributed by atoms with Crippen LogP contribution in [-0.2, 0) is 11.3 Å². The van der Waals surface area contributed by atoms with E-state index in [0.29, 0.717) is 11.6 Å². The predicted molar refractivity (Wildman–Crippen MR) is 73.5 cm³/mol. The van der Waals surface area contributed by atoms with Crippen LogP contribution in [0.25, 0.3) is 0 Å². The molecule has 1 aliphatic heterocycles. The third-order valence-corrected chi connectivity index (χ3v) is 3.72. The maximum absolute atomic E-state index is 12.2. The molecule has 98 valence electrons. The monoisotopic (exact) mass is 266 g/mol. The van der Waals surface area contributed by atoms with Crippen LogP contribution in [0.4, 0.5) is 0 Å². The van der Waals surface area contributed by atoms with Gasteiger partial charge in [0.15, 0.2) is 0 Å². The summed E-state index contributed by atoms with van der Waals surface area (Å²) in [6.07, 6.45) is 2.00. The summed E-state index contributed by atoms with van der Waals surface area (Å²) >= 11 is 5.91. The van der Waals surface area contributed by atoms with Crippen LogP contribution in [0.1, 0.15) is 25.3 Å². The molecule has 0 spiro atoms. The molecule has 3 nitrogen and oxygen atoms in total. The van der Waals surface area contributed by atoms with Crippen molar-refractivity contribution in [3.05, 3.63) is 34.9 Å². The zero-order valence-corrected chi connectivity index (χ0v) is 11.4. The van der Waals surface area contributed by atoms with E-state index in [1.807, 2.05) is 31.2 Å². The lowest BCUT2D eigenvalue weighted by atomic mass is 9.82. The van der Waals surface area contributed by atoms with Gasteiger partial charge in [-0.1, -0.05) is 23.7 Å². The van der Waals surface area contributed by atoms with Gasteiger partial charge in [-0.3, -0.25) is 4.79 Å². The van der Waals surface area contributed by atoms with Gasteiger partial charge in [0.05, 0.1) is 5.41 Å². The first-order valence-electron chi connectivity index (χ1n) is 6.34. The van der Waals surface area contributed by atoms with Gasteiger partial charge >= 0.3 is 0 Å². The van der Waals surface area contributed by atoms with E-state index in [-0.39, 0.29) is 11.3 Å². The summed E-state index contributed by atoms with van der Waals surface area (Å²) < 4.78 is 0. The van der Waals surface area contributed by atoms with Gasteiger partial charge in [0.2, 0.25) is 5.91 Å². The summed E-state index contributed by atoms with van der Waals surface area (Å²) in [6.45, 7) is 4.33. The van der Waals surface area contributed by atoms with Crippen LogP contribution in [0.2, 0.25) is 5.02 Å². The lowest BCUT2D eigenvalue weighted by Gasteiger charge is -2.32. The van der Waals surface area contributed by atoms with Crippen molar-refractivity contribution in [3.8, 4) is 0 Å². The van der Waals surface area contributed by atoms with Gasteiger partial charge in [-0.2, -0.15) is 0 Å². The summed E-state index contributed by atoms with van der Waals surface area (Å²) in [6, 6.07) is 7.57. The molecule has 1 unspecified atom stereocenters. The Morgan fingerprint density at radius 1 is 1.56 bits per heavy atom. The molecule has 4 heteroatoms. The normalized spacial score (nSPS) is 23.7. The van der Waals surface area contributed by atoms with Crippen LogP contribution in [0, 0.1) is 5.41 Å². The maximum Gasteiger partial charge on any atom is 0.227 e. The minimum absolute atomic E-state index is 0.120. The average molecular weight is 267 g/mol. The van der Waals surface area contributed by atoms with Gasteiger partial charge in [0.1, 0.15) is 0 Å². The summed E-state index contributed by atoms with van der Waals surface area (Å²) in [4.78, 5) is 12.2. The predicted octanol–water partition coefficient (Wildman–Crippen LogP) is 2.35. The summed E-state index contributed by atoms with van der Waals surface area (Å²) in [5, 5.41) is 6.98. The van der Waals surface area contributed by atoms with Crippen LogP contribution in [-0.4, -0.2) is 19.0 Å². The van der Waals surface area contributed by atoms with E-state index in [2.05, 4.69) is 10.6 Å². The second kappa shape index (κ2) is 5.72. The lowest BCUT2D eigenvalue weighted by molar-refractivity contribution is -0.131. The maximum atomic E-state index is 12.2. The van der Waals surface area contributed by atoms with Crippen molar-refractivity contribution in [1.82, 2.24) is 10.6 Å². The molecule has 1 heterocycles. The zero-order valence-electron chi connectivity index (χ0n) is 10.6. The fraction of sp³-hybridized carbons (Fsp3) is 0.500. The molecule has 1 fully saturated rings. The Balaban J connectivity index is 1.91. The zero-order chi connectivity index (χ0) is 13.0. The molecule has 1 saturated heterocycles. The first-order chi connectivity index (χ1) is 8.60. The Labute approximate surface area is 113 Å². The fourth-order valence-electron chi connectivity index (χ4n) is 2.29. The molecule has 0 aromatic heterocycles. The SMILES string of the molecule is CC1(C(=O)NCc2cccc(Cl)c2)CCCNC1. The number of amides is 1. The molecule has 1 aromatic carbocycles. The molecular weight excluding hydrogens is 248 g/mol. The molecule has 0 radical (unpaired) electrons. The molecule has 1 aromatic rings. The molecule has 0 aliphatic carbocycles. The summed E-state index contributed by atoms with van der Waals surface area (Å²) in [7, 11) is 0. The Kier molecular flexibility index (Phi) is 4.25. The molecule has 0 saturated carbocycles. The number of rotatable bonds is 3. The third-order valence-electron chi connectivity index (χ3n) is 3.49. The van der Waals surface area contributed by atoms with Crippen LogP contribution in [0.15, 0.2) is 24.3 Å². The van der Waals surface area contributed by atoms with Crippen LogP contribution >= 0.6 is 11.6 Å². The van der Waals surface area contributed by atoms with Gasteiger partial charge in [-0.05, 0) is 44.0 Å². The quantitative estimate of drug-likeness (QED) is 0.882. The van der Waals surface area contributed by atoms with E-state index in [1.165, 1.54) is 0 Å². The van der Waals surface area contributed by atoms with Crippen LogP contribution < -0.4 is 10.6 Å². The average Bonchev–Trinajstić information content (AvgIpc) is 2.37. The minimum atomic E-state index is -0.281. The van der Waals surface area contributed by atoms with Crippen LogP contribution in [0.3, 0.4) is 0 Å². The van der Waals surface area contributed by atoms with E-state index in [9.17, 15) is 4.79 Å². The highest BCUT2D eigenvalue weighted by molar-refractivity contribution is 6.30. The van der Waals surface area contributed by atoms with Crippen molar-refractivity contribution in [2.24, 2.45) is 5.41 Å². The van der Waals surface area contributed by atoms with Gasteiger partial charge in [0.25, 0.3) is 0 Å². The Morgan fingerprint density at radius 2 is 2.39 bits per heavy atom. The summed E-state index contributed by atoms with van der Waals surface area (Å²) in [5.74, 6) is 0.120. The number of halogens is 1. The van der Waals surface area contributed by atoms with Crippen molar-refractivity contribution < 1.29 is 4.79 Å². The number of hydrogen-bond donors (Lipinski definition) is 2. The van der Waals surface area contributed by atoms with E-state index in [4.69, 9.17) is 11.6 Å². The highest BCUT2D eigenvalue weighted by Gasteiger charge is 2.34. The standard InChI is InChI=1S/C14H19ClN2O/c1-14(6-3-7-16-10-14)13(18)17-9-11-4-2-5-12(15)8-11/h2,4-5,8,16H,3,6-7,9-10H2,1H3,(H,17,18). The second-order valence-corrected chi connectivity index (χ2v) is 5.59. The van der Waals surface area contributed by atoms with E-state index >= 15 is 0 Å². The summed E-state index contributed by atoms with van der Waals surface area (Å²) in [5.41, 5.74) is 0.750. The fourth-order valence-corrected chi connectivity index (χ4v) is 2.51. The molecule has 18 heavy (non-hydrogen) atoms. The van der Waals surface area contributed by atoms with E-state index in [1.54, 1.807) is 0 Å². The third kappa shape index (κ3) is 3.24. The molecule has 0 bridgehead atoms. The highest BCUT2D eigenvalue weighted by Crippen LogP contribution is 2.25. The number of nitrogens with one attached hydrogen (secondary N) is 2. The van der Waals surface area contributed by atoms with Gasteiger partial charge < -0.3 is 10.6 Å². The lowest BCUT2D eigenvalue weighted by Crippen LogP contribution is -2.48. The molecule has 2 N–H and O–H groups in total. The number of hydrogen-bond acceptors (Lipinski definition) is 2. The number of piperidine rings is 1. The number of carbonyl (C=O) groups is 1. The molecule has 1 aliphatic rings. The Bertz CT molecular complexity index is 428. The van der Waals surface area contributed by atoms with Crippen molar-refractivity contribution >= 4 is 17.5 Å². The number of carbonyl (C=O) groups excluding carboxylic acids is 1. The van der Waals surface area contributed by atoms with E-state index < -0.39 is 0 Å². The van der Waals surface area contributed by atoms with Crippen molar-refractivity contribution in [1.29, 1.82) is 0 Å². The Hall–Kier alpha value is -1.06. The molecule has 1 amide bonds. The minimum Gasteiger partial charge on any atom is -0.352 e. The second-order valence-electron chi connectivity index (χ2n) is 5.15. The van der Waals surface area contributed by atoms with Crippen molar-refractivity contribution in [2.45, 2.75) is 26.3 Å². The smallest absolute Gasteiger partial charge is 0.227 e. The van der Waals surface area contributed by atoms with Crippen molar-refractivity contribution in [3.63, 3.8) is 0 Å². The first kappa shape index (κ1) is 13.4. The number of benzene rings is 1. The first-order valence-corrected chi connectivity index (χ1v) is 6.71. The highest BCUT2D eigenvalue weighted by atomic mass is 35.5. The molecule has 2 rings (SSSR count). The largest absolute Gasteiger partial charge is 0.352 e. The van der Waals surface area contributed by atoms with Crippen molar-refractivity contribution in [2.75, 3.05) is 13.1 Å². The van der Waals surface area contributed by atoms with Gasteiger partial charge in [0, 0.05) is 18.1 Å². The van der Waals surface area contributed by atoms with Crippen LogP contribution in [0.5, 0.6) is 0 Å². The molecular formula is C14H19ClN2O. The topological polar surface area (TPSA) is 41.1 Å².